The maximum Gasteiger partial charge on any atom is 0.339 e. The summed E-state index contributed by atoms with van der Waals surface area (Å²) < 4.78 is 26.0. The van der Waals surface area contributed by atoms with Crippen molar-refractivity contribution in [1.29, 1.82) is 0 Å². The minimum absolute atomic E-state index is 0.0299. The summed E-state index contributed by atoms with van der Waals surface area (Å²) in [6.45, 7) is 1.52. The van der Waals surface area contributed by atoms with Crippen molar-refractivity contribution in [3.63, 3.8) is 0 Å². The van der Waals surface area contributed by atoms with Crippen LogP contribution in [-0.2, 0) is 10.0 Å². The molecule has 0 amide bonds. The minimum Gasteiger partial charge on any atom is -0.507 e. The standard InChI is InChI=1S/C11H15NO6S/c1-7(6-13)5-12-19(17,18)8-2-3-10(14)9(4-8)11(15)16/h2-4,7,12-14H,5-6H2,1H3,(H,15,16). The van der Waals surface area contributed by atoms with Gasteiger partial charge in [-0.05, 0) is 24.1 Å². The molecule has 0 radical (unpaired) electrons. The normalized spacial score (nSPS) is 13.2. The average molecular weight is 289 g/mol. The van der Waals surface area contributed by atoms with Crippen molar-refractivity contribution >= 4 is 16.0 Å². The third kappa shape index (κ3) is 3.91. The van der Waals surface area contributed by atoms with Crippen LogP contribution in [0.4, 0.5) is 0 Å². The van der Waals surface area contributed by atoms with Crippen molar-refractivity contribution in [1.82, 2.24) is 4.72 Å². The number of carboxylic acids is 1. The summed E-state index contributed by atoms with van der Waals surface area (Å²) in [6, 6.07) is 2.99. The van der Waals surface area contributed by atoms with Gasteiger partial charge in [0.25, 0.3) is 0 Å². The lowest BCUT2D eigenvalue weighted by Crippen LogP contribution is -2.29. The molecule has 19 heavy (non-hydrogen) atoms. The van der Waals surface area contributed by atoms with Gasteiger partial charge in [-0.2, -0.15) is 0 Å². The highest BCUT2D eigenvalue weighted by Crippen LogP contribution is 2.21. The lowest BCUT2D eigenvalue weighted by atomic mass is 10.2. The van der Waals surface area contributed by atoms with Crippen molar-refractivity contribution < 1.29 is 28.5 Å². The summed E-state index contributed by atoms with van der Waals surface area (Å²) in [6.07, 6.45) is 0. The molecule has 1 atom stereocenters. The van der Waals surface area contributed by atoms with Gasteiger partial charge < -0.3 is 15.3 Å². The smallest absolute Gasteiger partial charge is 0.339 e. The van der Waals surface area contributed by atoms with Gasteiger partial charge in [0.15, 0.2) is 0 Å². The molecule has 1 rings (SSSR count). The number of carbonyl (C=O) groups is 1. The molecule has 0 aliphatic heterocycles. The zero-order chi connectivity index (χ0) is 14.6. The van der Waals surface area contributed by atoms with Crippen LogP contribution in [0, 0.1) is 5.92 Å². The summed E-state index contributed by atoms with van der Waals surface area (Å²) in [5.74, 6) is -2.18. The number of aromatic hydroxyl groups is 1. The summed E-state index contributed by atoms with van der Waals surface area (Å²) >= 11 is 0. The summed E-state index contributed by atoms with van der Waals surface area (Å²) in [7, 11) is -3.87. The molecule has 0 aliphatic rings. The van der Waals surface area contributed by atoms with Gasteiger partial charge in [0.2, 0.25) is 10.0 Å². The van der Waals surface area contributed by atoms with Crippen LogP contribution in [0.15, 0.2) is 23.1 Å². The second-order valence-electron chi connectivity index (χ2n) is 4.12. The number of aromatic carboxylic acids is 1. The average Bonchev–Trinajstić information content (AvgIpc) is 2.35. The van der Waals surface area contributed by atoms with Crippen molar-refractivity contribution in [3.05, 3.63) is 23.8 Å². The van der Waals surface area contributed by atoms with Crippen LogP contribution in [0.25, 0.3) is 0 Å². The van der Waals surface area contributed by atoms with Crippen LogP contribution in [0.5, 0.6) is 5.75 Å². The number of phenols is 1. The molecule has 0 saturated heterocycles. The SMILES string of the molecule is CC(CO)CNS(=O)(=O)c1ccc(O)c(C(=O)O)c1. The summed E-state index contributed by atoms with van der Waals surface area (Å²) in [4.78, 5) is 10.5. The van der Waals surface area contributed by atoms with E-state index in [2.05, 4.69) is 4.72 Å². The Morgan fingerprint density at radius 2 is 2.05 bits per heavy atom. The van der Waals surface area contributed by atoms with Crippen molar-refractivity contribution in [2.75, 3.05) is 13.2 Å². The Morgan fingerprint density at radius 3 is 2.58 bits per heavy atom. The van der Waals surface area contributed by atoms with Crippen molar-refractivity contribution in [2.45, 2.75) is 11.8 Å². The molecule has 0 heterocycles. The Hall–Kier alpha value is -1.64. The number of aliphatic hydroxyl groups excluding tert-OH is 1. The Labute approximate surface area is 110 Å². The monoisotopic (exact) mass is 289 g/mol. The molecule has 4 N–H and O–H groups in total. The van der Waals surface area contributed by atoms with E-state index in [9.17, 15) is 18.3 Å². The number of nitrogens with one attached hydrogen (secondary N) is 1. The van der Waals surface area contributed by atoms with Crippen LogP contribution >= 0.6 is 0 Å². The fraction of sp³-hybridized carbons (Fsp3) is 0.364. The second kappa shape index (κ2) is 6.00. The van der Waals surface area contributed by atoms with Gasteiger partial charge in [-0.3, -0.25) is 0 Å². The molecule has 0 saturated carbocycles. The number of sulfonamides is 1. The molecule has 1 aromatic rings. The molecule has 7 nitrogen and oxygen atoms in total. The predicted octanol–water partition coefficient (Wildman–Crippen LogP) is -0.00290. The quantitative estimate of drug-likeness (QED) is 0.584. The Balaban J connectivity index is 3.02. The van der Waals surface area contributed by atoms with Gasteiger partial charge >= 0.3 is 5.97 Å². The van der Waals surface area contributed by atoms with E-state index in [0.29, 0.717) is 0 Å². The second-order valence-corrected chi connectivity index (χ2v) is 5.89. The van der Waals surface area contributed by atoms with E-state index < -0.39 is 27.3 Å². The third-order valence-corrected chi connectivity index (χ3v) is 3.86. The van der Waals surface area contributed by atoms with Gasteiger partial charge in [0.05, 0.1) is 4.90 Å². The van der Waals surface area contributed by atoms with Crippen molar-refractivity contribution in [3.8, 4) is 5.75 Å². The molecule has 0 aliphatic carbocycles. The van der Waals surface area contributed by atoms with Crippen molar-refractivity contribution in [2.24, 2.45) is 5.92 Å². The molecule has 8 heteroatoms. The molecule has 106 valence electrons. The molecule has 1 aromatic carbocycles. The summed E-state index contributed by atoms with van der Waals surface area (Å²) in [5, 5.41) is 26.9. The van der Waals surface area contributed by atoms with E-state index in [1.165, 1.54) is 0 Å². The van der Waals surface area contributed by atoms with Gasteiger partial charge in [0, 0.05) is 13.2 Å². The lowest BCUT2D eigenvalue weighted by Gasteiger charge is -2.11. The first-order valence-corrected chi connectivity index (χ1v) is 6.93. The van der Waals surface area contributed by atoms with Gasteiger partial charge in [-0.25, -0.2) is 17.9 Å². The predicted molar refractivity (Wildman–Crippen MR) is 66.5 cm³/mol. The Morgan fingerprint density at radius 1 is 1.42 bits per heavy atom. The largest absolute Gasteiger partial charge is 0.507 e. The molecule has 0 aromatic heterocycles. The van der Waals surface area contributed by atoms with Gasteiger partial charge in [0.1, 0.15) is 11.3 Å². The Kier molecular flexibility index (Phi) is 4.87. The first-order chi connectivity index (χ1) is 8.77. The van der Waals surface area contributed by atoms with E-state index in [1.807, 2.05) is 0 Å². The maximum atomic E-state index is 11.9. The zero-order valence-corrected chi connectivity index (χ0v) is 11.0. The highest BCUT2D eigenvalue weighted by atomic mass is 32.2. The fourth-order valence-corrected chi connectivity index (χ4v) is 2.44. The third-order valence-electron chi connectivity index (χ3n) is 2.44. The topological polar surface area (TPSA) is 124 Å². The van der Waals surface area contributed by atoms with Crippen LogP contribution in [-0.4, -0.2) is 42.9 Å². The molecule has 0 fully saturated rings. The Bertz CT molecular complexity index is 569. The van der Waals surface area contributed by atoms with Crippen LogP contribution in [0.1, 0.15) is 17.3 Å². The molecule has 0 bridgehead atoms. The number of carboxylic acid groups (broad SMARTS) is 1. The number of rotatable bonds is 6. The highest BCUT2D eigenvalue weighted by molar-refractivity contribution is 7.89. The van der Waals surface area contributed by atoms with Gasteiger partial charge in [-0.1, -0.05) is 6.92 Å². The molecule has 1 unspecified atom stereocenters. The maximum absolute atomic E-state index is 11.9. The minimum atomic E-state index is -3.87. The van der Waals surface area contributed by atoms with Crippen LogP contribution < -0.4 is 4.72 Å². The number of benzene rings is 1. The lowest BCUT2D eigenvalue weighted by molar-refractivity contribution is 0.0693. The van der Waals surface area contributed by atoms with E-state index in [0.717, 1.165) is 18.2 Å². The number of aliphatic hydroxyl groups is 1. The van der Waals surface area contributed by atoms with Gasteiger partial charge in [-0.15, -0.1) is 0 Å². The first-order valence-electron chi connectivity index (χ1n) is 5.44. The van der Waals surface area contributed by atoms with E-state index >= 15 is 0 Å². The molecular weight excluding hydrogens is 274 g/mol. The summed E-state index contributed by atoms with van der Waals surface area (Å²) in [5.41, 5.74) is -0.488. The zero-order valence-electron chi connectivity index (χ0n) is 10.2. The van der Waals surface area contributed by atoms with E-state index in [1.54, 1.807) is 6.92 Å². The number of hydrogen-bond acceptors (Lipinski definition) is 5. The molecular formula is C11H15NO6S. The van der Waals surface area contributed by atoms with E-state index in [-0.39, 0.29) is 24.0 Å². The van der Waals surface area contributed by atoms with E-state index in [4.69, 9.17) is 10.2 Å². The molecule has 0 spiro atoms. The first kappa shape index (κ1) is 15.4. The highest BCUT2D eigenvalue weighted by Gasteiger charge is 2.19. The number of hydrogen-bond donors (Lipinski definition) is 4. The van der Waals surface area contributed by atoms with Crippen LogP contribution in [0.2, 0.25) is 0 Å². The van der Waals surface area contributed by atoms with Crippen LogP contribution in [0.3, 0.4) is 0 Å². The fourth-order valence-electron chi connectivity index (χ4n) is 1.25.